The third kappa shape index (κ3) is 2.90. The van der Waals surface area contributed by atoms with E-state index in [1.807, 2.05) is 66.0 Å². The number of nitrogens with one attached hydrogen (secondary N) is 1. The van der Waals surface area contributed by atoms with Crippen LogP contribution in [-0.2, 0) is 0 Å². The maximum absolute atomic E-state index is 12.7. The highest BCUT2D eigenvalue weighted by Crippen LogP contribution is 2.36. The Labute approximate surface area is 159 Å². The van der Waals surface area contributed by atoms with Crippen LogP contribution in [0.1, 0.15) is 10.4 Å². The van der Waals surface area contributed by atoms with Gasteiger partial charge in [0.1, 0.15) is 0 Å². The van der Waals surface area contributed by atoms with Gasteiger partial charge in [-0.15, -0.1) is 11.3 Å². The van der Waals surface area contributed by atoms with Crippen molar-refractivity contribution in [3.8, 4) is 22.8 Å². The predicted molar refractivity (Wildman–Crippen MR) is 106 cm³/mol. The zero-order chi connectivity index (χ0) is 18.2. The minimum absolute atomic E-state index is 0.168. The largest absolute Gasteiger partial charge is 0.454 e. The summed E-state index contributed by atoms with van der Waals surface area (Å²) in [6.07, 6.45) is 0. The number of aromatic nitrogens is 1. The zero-order valence-corrected chi connectivity index (χ0v) is 15.0. The van der Waals surface area contributed by atoms with Crippen LogP contribution in [-0.4, -0.2) is 17.7 Å². The topological polar surface area (TPSA) is 60.5 Å². The van der Waals surface area contributed by atoms with E-state index in [1.54, 1.807) is 0 Å². The SMILES string of the molecule is O=C(Nc1nc(-c2ccc3c(c2)OCO3)cs1)c1cccc2ccccc12. The Morgan fingerprint density at radius 2 is 1.85 bits per heavy atom. The van der Waals surface area contributed by atoms with Crippen molar-refractivity contribution >= 4 is 33.1 Å². The molecule has 4 aromatic rings. The van der Waals surface area contributed by atoms with Crippen molar-refractivity contribution in [1.29, 1.82) is 0 Å². The molecule has 0 aliphatic carbocycles. The van der Waals surface area contributed by atoms with Gasteiger partial charge in [-0.2, -0.15) is 0 Å². The smallest absolute Gasteiger partial charge is 0.258 e. The van der Waals surface area contributed by atoms with E-state index < -0.39 is 0 Å². The van der Waals surface area contributed by atoms with Crippen molar-refractivity contribution in [2.24, 2.45) is 0 Å². The van der Waals surface area contributed by atoms with Gasteiger partial charge < -0.3 is 9.47 Å². The highest BCUT2D eigenvalue weighted by Gasteiger charge is 2.16. The number of amides is 1. The summed E-state index contributed by atoms with van der Waals surface area (Å²) in [7, 11) is 0. The van der Waals surface area contributed by atoms with Crippen molar-refractivity contribution in [1.82, 2.24) is 4.98 Å². The van der Waals surface area contributed by atoms with Gasteiger partial charge in [-0.1, -0.05) is 36.4 Å². The summed E-state index contributed by atoms with van der Waals surface area (Å²) >= 11 is 1.39. The molecule has 1 aliphatic rings. The van der Waals surface area contributed by atoms with Gasteiger partial charge in [-0.3, -0.25) is 10.1 Å². The maximum atomic E-state index is 12.7. The average molecular weight is 374 g/mol. The van der Waals surface area contributed by atoms with E-state index in [0.717, 1.165) is 27.8 Å². The Kier molecular flexibility index (Phi) is 3.76. The summed E-state index contributed by atoms with van der Waals surface area (Å²) in [6.45, 7) is 0.238. The van der Waals surface area contributed by atoms with Crippen molar-refractivity contribution in [3.63, 3.8) is 0 Å². The molecule has 2 heterocycles. The molecular weight excluding hydrogens is 360 g/mol. The summed E-state index contributed by atoms with van der Waals surface area (Å²) in [5, 5.41) is 7.33. The molecule has 1 amide bonds. The lowest BCUT2D eigenvalue weighted by atomic mass is 10.0. The number of benzene rings is 3. The summed E-state index contributed by atoms with van der Waals surface area (Å²) in [5.41, 5.74) is 2.33. The number of carbonyl (C=O) groups excluding carboxylic acids is 1. The molecule has 3 aromatic carbocycles. The van der Waals surface area contributed by atoms with Crippen LogP contribution < -0.4 is 14.8 Å². The first kappa shape index (κ1) is 15.8. The lowest BCUT2D eigenvalue weighted by Crippen LogP contribution is -2.12. The number of rotatable bonds is 3. The van der Waals surface area contributed by atoms with Crippen molar-refractivity contribution in [3.05, 3.63) is 71.6 Å². The van der Waals surface area contributed by atoms with Crippen LogP contribution in [0.2, 0.25) is 0 Å². The fourth-order valence-corrected chi connectivity index (χ4v) is 3.82. The van der Waals surface area contributed by atoms with Gasteiger partial charge in [-0.05, 0) is 35.0 Å². The molecule has 0 saturated heterocycles. The first-order chi connectivity index (χ1) is 13.3. The maximum Gasteiger partial charge on any atom is 0.258 e. The summed E-state index contributed by atoms with van der Waals surface area (Å²) in [6, 6.07) is 19.2. The lowest BCUT2D eigenvalue weighted by Gasteiger charge is -2.06. The van der Waals surface area contributed by atoms with Gasteiger partial charge in [0.05, 0.1) is 5.69 Å². The molecule has 1 aromatic heterocycles. The van der Waals surface area contributed by atoms with Crippen LogP contribution >= 0.6 is 11.3 Å². The molecule has 0 fully saturated rings. The molecule has 0 spiro atoms. The molecule has 0 bridgehead atoms. The Hall–Kier alpha value is -3.38. The predicted octanol–water partition coefficient (Wildman–Crippen LogP) is 4.94. The number of fused-ring (bicyclic) bond motifs is 2. The zero-order valence-electron chi connectivity index (χ0n) is 14.1. The van der Waals surface area contributed by atoms with Gasteiger partial charge in [-0.25, -0.2) is 4.98 Å². The number of hydrogen-bond donors (Lipinski definition) is 1. The second-order valence-corrected chi connectivity index (χ2v) is 6.94. The molecule has 132 valence electrons. The molecular formula is C21H14N2O3S. The third-order valence-corrected chi connectivity index (χ3v) is 5.18. The minimum atomic E-state index is -0.168. The van der Waals surface area contributed by atoms with Gasteiger partial charge in [0.25, 0.3) is 5.91 Å². The molecule has 1 N–H and O–H groups in total. The van der Waals surface area contributed by atoms with Gasteiger partial charge in [0.2, 0.25) is 6.79 Å². The van der Waals surface area contributed by atoms with Crippen molar-refractivity contribution < 1.29 is 14.3 Å². The Morgan fingerprint density at radius 1 is 1.00 bits per heavy atom. The van der Waals surface area contributed by atoms with Gasteiger partial charge in [0, 0.05) is 16.5 Å². The third-order valence-electron chi connectivity index (χ3n) is 4.43. The standard InChI is InChI=1S/C21H14N2O3S/c24-20(16-7-3-5-13-4-1-2-6-15(13)16)23-21-22-17(11-27-21)14-8-9-18-19(10-14)26-12-25-18/h1-11H,12H2,(H,22,23,24). The quantitative estimate of drug-likeness (QED) is 0.551. The normalized spacial score (nSPS) is 12.3. The number of hydrogen-bond acceptors (Lipinski definition) is 5. The Bertz CT molecular complexity index is 1160. The molecule has 0 unspecified atom stereocenters. The van der Waals surface area contributed by atoms with E-state index in [-0.39, 0.29) is 12.7 Å². The van der Waals surface area contributed by atoms with E-state index in [4.69, 9.17) is 9.47 Å². The number of anilines is 1. The number of carbonyl (C=O) groups is 1. The lowest BCUT2D eigenvalue weighted by molar-refractivity contribution is 0.102. The van der Waals surface area contributed by atoms with E-state index in [1.165, 1.54) is 11.3 Å². The molecule has 27 heavy (non-hydrogen) atoms. The Balaban J connectivity index is 1.41. The first-order valence-electron chi connectivity index (χ1n) is 8.42. The fraction of sp³-hybridized carbons (Fsp3) is 0.0476. The van der Waals surface area contributed by atoms with E-state index in [2.05, 4.69) is 10.3 Å². The minimum Gasteiger partial charge on any atom is -0.454 e. The summed E-state index contributed by atoms with van der Waals surface area (Å²) in [4.78, 5) is 17.3. The highest BCUT2D eigenvalue weighted by atomic mass is 32.1. The second kappa shape index (κ2) is 6.41. The molecule has 1 aliphatic heterocycles. The number of thiazole rings is 1. The van der Waals surface area contributed by atoms with Crippen LogP contribution in [0.25, 0.3) is 22.0 Å². The van der Waals surface area contributed by atoms with E-state index >= 15 is 0 Å². The molecule has 0 radical (unpaired) electrons. The average Bonchev–Trinajstić information content (AvgIpc) is 3.36. The summed E-state index contributed by atoms with van der Waals surface area (Å²) in [5.74, 6) is 1.28. The molecule has 5 rings (SSSR count). The van der Waals surface area contributed by atoms with E-state index in [0.29, 0.717) is 16.4 Å². The molecule has 6 heteroatoms. The number of ether oxygens (including phenoxy) is 2. The second-order valence-electron chi connectivity index (χ2n) is 6.09. The molecule has 5 nitrogen and oxygen atoms in total. The van der Waals surface area contributed by atoms with Gasteiger partial charge in [0.15, 0.2) is 16.6 Å². The number of nitrogens with zero attached hydrogens (tertiary/aromatic N) is 1. The van der Waals surface area contributed by atoms with Gasteiger partial charge >= 0.3 is 0 Å². The van der Waals surface area contributed by atoms with Crippen LogP contribution in [0.5, 0.6) is 11.5 Å². The summed E-state index contributed by atoms with van der Waals surface area (Å²) < 4.78 is 10.7. The van der Waals surface area contributed by atoms with Crippen LogP contribution in [0.4, 0.5) is 5.13 Å². The van der Waals surface area contributed by atoms with Crippen molar-refractivity contribution in [2.45, 2.75) is 0 Å². The monoisotopic (exact) mass is 374 g/mol. The highest BCUT2D eigenvalue weighted by molar-refractivity contribution is 7.14. The Morgan fingerprint density at radius 3 is 2.81 bits per heavy atom. The van der Waals surface area contributed by atoms with E-state index in [9.17, 15) is 4.79 Å². The van der Waals surface area contributed by atoms with Crippen LogP contribution in [0, 0.1) is 0 Å². The fourth-order valence-electron chi connectivity index (χ4n) is 3.11. The van der Waals surface area contributed by atoms with Crippen molar-refractivity contribution in [2.75, 3.05) is 12.1 Å². The first-order valence-corrected chi connectivity index (χ1v) is 9.30. The molecule has 0 atom stereocenters. The molecule has 0 saturated carbocycles. The van der Waals surface area contributed by atoms with Crippen LogP contribution in [0.3, 0.4) is 0 Å². The van der Waals surface area contributed by atoms with Crippen LogP contribution in [0.15, 0.2) is 66.0 Å².